The van der Waals surface area contributed by atoms with Crippen LogP contribution in [0.25, 0.3) is 6.08 Å². The highest BCUT2D eigenvalue weighted by atomic mass is 19.4. The van der Waals surface area contributed by atoms with E-state index in [1.807, 2.05) is 0 Å². The number of allylic oxidation sites excluding steroid dienone is 1. The first kappa shape index (κ1) is 30.2. The van der Waals surface area contributed by atoms with Crippen LogP contribution >= 0.6 is 0 Å². The van der Waals surface area contributed by atoms with Gasteiger partial charge in [0.2, 0.25) is 5.91 Å². The number of carbonyl (C=O) groups excluding carboxylic acids is 1. The number of piperidine rings is 1. The first-order valence-electron chi connectivity index (χ1n) is 15.4. The Bertz CT molecular complexity index is 1360. The van der Waals surface area contributed by atoms with Crippen molar-refractivity contribution in [2.75, 3.05) is 13.1 Å². The van der Waals surface area contributed by atoms with E-state index in [4.69, 9.17) is 0 Å². The molecule has 1 aliphatic heterocycles. The van der Waals surface area contributed by atoms with Crippen LogP contribution in [0.1, 0.15) is 86.1 Å². The summed E-state index contributed by atoms with van der Waals surface area (Å²) < 4.78 is 80.3. The molecule has 1 amide bonds. The van der Waals surface area contributed by atoms with Crippen molar-refractivity contribution in [2.24, 2.45) is 17.3 Å². The van der Waals surface area contributed by atoms with E-state index in [1.165, 1.54) is 11.1 Å². The smallest absolute Gasteiger partial charge is 0.352 e. The van der Waals surface area contributed by atoms with E-state index in [9.17, 15) is 31.1 Å². The van der Waals surface area contributed by atoms with E-state index < -0.39 is 28.9 Å². The van der Waals surface area contributed by atoms with Crippen molar-refractivity contribution in [1.29, 1.82) is 0 Å². The van der Waals surface area contributed by atoms with Crippen LogP contribution in [0.5, 0.6) is 0 Å². The van der Waals surface area contributed by atoms with Crippen LogP contribution in [0.2, 0.25) is 0 Å². The van der Waals surface area contributed by atoms with Gasteiger partial charge >= 0.3 is 12.4 Å². The summed E-state index contributed by atoms with van der Waals surface area (Å²) in [5.74, 6) is 0.570. The predicted molar refractivity (Wildman–Crippen MR) is 153 cm³/mol. The van der Waals surface area contributed by atoms with E-state index >= 15 is 0 Å². The van der Waals surface area contributed by atoms with Crippen LogP contribution < -0.4 is 5.32 Å². The topological polar surface area (TPSA) is 32.3 Å². The minimum Gasteiger partial charge on any atom is -0.352 e. The Balaban J connectivity index is 1.17. The fraction of sp³-hybridized carbons (Fsp3) is 0.559. The molecule has 43 heavy (non-hydrogen) atoms. The van der Waals surface area contributed by atoms with Crippen LogP contribution in [0.4, 0.5) is 26.3 Å². The minimum atomic E-state index is -4.93. The second-order valence-corrected chi connectivity index (χ2v) is 13.4. The van der Waals surface area contributed by atoms with Crippen molar-refractivity contribution < 1.29 is 31.1 Å². The van der Waals surface area contributed by atoms with Crippen molar-refractivity contribution in [3.63, 3.8) is 0 Å². The van der Waals surface area contributed by atoms with E-state index in [0.29, 0.717) is 36.8 Å². The third-order valence-corrected chi connectivity index (χ3v) is 10.8. The van der Waals surface area contributed by atoms with Gasteiger partial charge in [0, 0.05) is 24.5 Å². The maximum atomic E-state index is 13.8. The van der Waals surface area contributed by atoms with Gasteiger partial charge in [-0.25, -0.2) is 0 Å². The van der Waals surface area contributed by atoms with Crippen LogP contribution in [0, 0.1) is 17.3 Å². The second-order valence-electron chi connectivity index (χ2n) is 13.4. The number of nitrogens with one attached hydrogen (secondary N) is 1. The molecule has 4 atom stereocenters. The van der Waals surface area contributed by atoms with E-state index in [-0.39, 0.29) is 35.5 Å². The summed E-state index contributed by atoms with van der Waals surface area (Å²) in [7, 11) is 0. The van der Waals surface area contributed by atoms with Gasteiger partial charge in [-0.2, -0.15) is 26.3 Å². The quantitative estimate of drug-likeness (QED) is 0.336. The second kappa shape index (κ2) is 11.0. The number of carbonyl (C=O) groups is 1. The molecule has 1 spiro atoms. The summed E-state index contributed by atoms with van der Waals surface area (Å²) in [6, 6.07) is 10.3. The summed E-state index contributed by atoms with van der Waals surface area (Å²) in [6.45, 7) is 3.75. The average molecular weight is 605 g/mol. The Morgan fingerprint density at radius 1 is 0.977 bits per heavy atom. The van der Waals surface area contributed by atoms with Gasteiger partial charge in [0.25, 0.3) is 0 Å². The molecule has 2 aromatic rings. The number of hydrogen-bond acceptors (Lipinski definition) is 2. The molecule has 9 heteroatoms. The predicted octanol–water partition coefficient (Wildman–Crippen LogP) is 8.38. The zero-order valence-corrected chi connectivity index (χ0v) is 24.3. The Morgan fingerprint density at radius 3 is 2.30 bits per heavy atom. The molecule has 2 unspecified atom stereocenters. The lowest BCUT2D eigenvalue weighted by Crippen LogP contribution is -2.51. The molecule has 1 N–H and O–H groups in total. The lowest BCUT2D eigenvalue weighted by atomic mass is 9.67. The third-order valence-electron chi connectivity index (χ3n) is 10.8. The number of nitrogens with zero attached hydrogens (tertiary/aromatic N) is 1. The summed E-state index contributed by atoms with van der Waals surface area (Å²) in [4.78, 5) is 16.3. The number of likely N-dealkylation sites (tertiary alicyclic amines) is 1. The number of amides is 1. The van der Waals surface area contributed by atoms with Crippen molar-refractivity contribution in [1.82, 2.24) is 10.2 Å². The number of rotatable bonds is 6. The van der Waals surface area contributed by atoms with Gasteiger partial charge in [-0.3, -0.25) is 9.69 Å². The van der Waals surface area contributed by atoms with Gasteiger partial charge in [0.05, 0.1) is 16.5 Å². The largest absolute Gasteiger partial charge is 0.416 e. The molecule has 3 aliphatic carbocycles. The van der Waals surface area contributed by atoms with Crippen molar-refractivity contribution in [2.45, 2.75) is 88.6 Å². The number of halogens is 6. The van der Waals surface area contributed by atoms with Gasteiger partial charge in [0.1, 0.15) is 0 Å². The molecule has 2 aromatic carbocycles. The van der Waals surface area contributed by atoms with Gasteiger partial charge in [-0.1, -0.05) is 62.6 Å². The number of fused-ring (bicyclic) bond motifs is 2. The maximum absolute atomic E-state index is 13.8. The molecule has 6 rings (SSSR count). The number of benzene rings is 2. The first-order chi connectivity index (χ1) is 20.3. The summed E-state index contributed by atoms with van der Waals surface area (Å²) in [5.41, 5.74) is -0.918. The molecule has 0 aromatic heterocycles. The van der Waals surface area contributed by atoms with Crippen molar-refractivity contribution in [3.8, 4) is 0 Å². The molecule has 4 aliphatic rings. The monoisotopic (exact) mass is 604 g/mol. The highest BCUT2D eigenvalue weighted by Gasteiger charge is 2.51. The first-order valence-corrected chi connectivity index (χ1v) is 15.4. The number of alkyl halides is 6. The highest BCUT2D eigenvalue weighted by Crippen LogP contribution is 2.52. The Morgan fingerprint density at radius 2 is 1.67 bits per heavy atom. The standard InChI is InChI=1S/C34H38F6N2O/c1-22-21-42(14-13-32(22)12-9-25-7-2-3-8-29(25)32)28-10-11-31(19-28,18-23-5-4-6-23)30(43)41-20-24-15-26(33(35,36)37)17-27(16-24)34(38,39)40/h2-3,7-9,12,15-17,22-23,28H,4-6,10-11,13-14,18-21H2,1H3,(H,41,43)/t22-,28?,31?,32-/m0/s1. The molecule has 3 nitrogen and oxygen atoms in total. The molecule has 2 saturated carbocycles. The third kappa shape index (κ3) is 5.74. The lowest BCUT2D eigenvalue weighted by molar-refractivity contribution is -0.143. The van der Waals surface area contributed by atoms with Crippen molar-refractivity contribution in [3.05, 3.63) is 76.4 Å². The normalized spacial score (nSPS) is 29.6. The van der Waals surface area contributed by atoms with Crippen LogP contribution in [-0.4, -0.2) is 29.9 Å². The van der Waals surface area contributed by atoms with Crippen LogP contribution in [0.15, 0.2) is 48.5 Å². The van der Waals surface area contributed by atoms with Gasteiger partial charge in [-0.15, -0.1) is 0 Å². The molecule has 0 bridgehead atoms. The highest BCUT2D eigenvalue weighted by molar-refractivity contribution is 5.83. The molecular formula is C34H38F6N2O. The SMILES string of the molecule is C[C@H]1CN(C2CCC(CC3CCC3)(C(=O)NCc3cc(C(F)(F)F)cc(C(F)(F)F)c3)C2)CC[C@@]12C=Cc1ccccc12. The van der Waals surface area contributed by atoms with Crippen molar-refractivity contribution >= 4 is 12.0 Å². The summed E-state index contributed by atoms with van der Waals surface area (Å²) >= 11 is 0. The molecular weight excluding hydrogens is 566 g/mol. The maximum Gasteiger partial charge on any atom is 0.416 e. The minimum absolute atomic E-state index is 0.0201. The molecule has 0 radical (unpaired) electrons. The Hall–Kier alpha value is -2.81. The van der Waals surface area contributed by atoms with Gasteiger partial charge < -0.3 is 5.32 Å². The zero-order chi connectivity index (χ0) is 30.6. The molecule has 1 heterocycles. The average Bonchev–Trinajstić information content (AvgIpc) is 3.54. The van der Waals surface area contributed by atoms with Crippen LogP contribution in [0.3, 0.4) is 0 Å². The van der Waals surface area contributed by atoms with E-state index in [1.54, 1.807) is 0 Å². The lowest BCUT2D eigenvalue weighted by Gasteiger charge is -2.47. The fourth-order valence-electron chi connectivity index (χ4n) is 8.19. The molecule has 3 fully saturated rings. The summed E-state index contributed by atoms with van der Waals surface area (Å²) in [5, 5.41) is 2.77. The van der Waals surface area contributed by atoms with Gasteiger partial charge in [0.15, 0.2) is 0 Å². The molecule has 1 saturated heterocycles. The molecule has 232 valence electrons. The van der Waals surface area contributed by atoms with E-state index in [0.717, 1.165) is 51.6 Å². The van der Waals surface area contributed by atoms with Gasteiger partial charge in [-0.05, 0) is 85.4 Å². The zero-order valence-electron chi connectivity index (χ0n) is 24.3. The van der Waals surface area contributed by atoms with E-state index in [2.05, 4.69) is 53.6 Å². The number of hydrogen-bond donors (Lipinski definition) is 1. The van der Waals surface area contributed by atoms with Crippen LogP contribution in [-0.2, 0) is 29.1 Å². The summed E-state index contributed by atoms with van der Waals surface area (Å²) in [6.07, 6.45) is 1.88. The Kier molecular flexibility index (Phi) is 7.71. The fourth-order valence-corrected chi connectivity index (χ4v) is 8.19. The Labute approximate surface area is 248 Å².